The van der Waals surface area contributed by atoms with Crippen molar-refractivity contribution in [3.63, 3.8) is 0 Å². The Hall–Kier alpha value is -7.94. The normalized spacial score (nSPS) is 17.1. The number of pyridine rings is 3. The van der Waals surface area contributed by atoms with Crippen molar-refractivity contribution in [2.45, 2.75) is 65.4 Å². The predicted molar refractivity (Wildman–Crippen MR) is 278 cm³/mol. The molecule has 0 fully saturated rings. The molecular formula is C63H54N4O. The van der Waals surface area contributed by atoms with Gasteiger partial charge in [-0.1, -0.05) is 160 Å². The molecule has 0 aliphatic heterocycles. The van der Waals surface area contributed by atoms with Gasteiger partial charge in [-0.3, -0.25) is 15.0 Å². The molecule has 4 aromatic heterocycles. The van der Waals surface area contributed by atoms with E-state index in [1.165, 1.54) is 36.4 Å². The zero-order chi connectivity index (χ0) is 63.4. The zero-order valence-electron chi connectivity index (χ0n) is 56.2. The number of nitriles is 1. The van der Waals surface area contributed by atoms with Crippen LogP contribution in [0.15, 0.2) is 193 Å². The molecule has 4 heterocycles. The van der Waals surface area contributed by atoms with Crippen LogP contribution in [0.1, 0.15) is 91.3 Å². The number of rotatable bonds is 14. The summed E-state index contributed by atoms with van der Waals surface area (Å²) in [5, 5.41) is 11.4. The highest BCUT2D eigenvalue weighted by Crippen LogP contribution is 2.40. The maximum absolute atomic E-state index is 10.6. The van der Waals surface area contributed by atoms with E-state index in [1.807, 2.05) is 0 Å². The topological polar surface area (TPSA) is 75.6 Å². The Morgan fingerprint density at radius 3 is 1.62 bits per heavy atom. The highest BCUT2D eigenvalue weighted by Gasteiger charge is 2.21. The number of benzene rings is 6. The van der Waals surface area contributed by atoms with Crippen molar-refractivity contribution in [3.05, 3.63) is 233 Å². The van der Waals surface area contributed by atoms with Crippen molar-refractivity contribution < 1.29 is 30.5 Å². The first-order valence-corrected chi connectivity index (χ1v) is 21.8. The van der Waals surface area contributed by atoms with Crippen LogP contribution in [0.25, 0.3) is 66.8 Å². The minimum absolute atomic E-state index is 0.0000344. The molecule has 5 heteroatoms. The van der Waals surface area contributed by atoms with Gasteiger partial charge in [-0.15, -0.1) is 0 Å². The maximum atomic E-state index is 10.6. The summed E-state index contributed by atoms with van der Waals surface area (Å²) in [7, 11) is 0. The van der Waals surface area contributed by atoms with Gasteiger partial charge in [0.1, 0.15) is 17.2 Å². The van der Waals surface area contributed by atoms with E-state index >= 15 is 0 Å². The van der Waals surface area contributed by atoms with Gasteiger partial charge in [-0.05, 0) is 125 Å². The van der Waals surface area contributed by atoms with Gasteiger partial charge in [0.2, 0.25) is 0 Å². The second-order valence-electron chi connectivity index (χ2n) is 16.9. The van der Waals surface area contributed by atoms with E-state index in [0.717, 1.165) is 36.8 Å². The standard InChI is InChI=1S/C63H54N4O/c1-63(2,3)38-52-37-60(56-21-13-20-54-55-31-30-53(48-14-7-4-8-15-48)57(39-64)62(55)68-61(54)56)67-42-51(52)29-26-47-35-45(24-22-43-27-32-58(65-40-43)49-16-9-5-10-17-49)34-46(36-47)25-23-44-28-33-59(66-41-44)50-18-11-6-12-19-50/h4-21,27-28,30-37,40-42H,22-26,29,38H2,1-3H3/i4D,7D,8D,14D,15D,22D2,23D2,24D2,25D2,26D2,29D2,38D2. The molecule has 0 radical (unpaired) electrons. The third-order valence-electron chi connectivity index (χ3n) is 10.9. The fourth-order valence-corrected chi connectivity index (χ4v) is 7.74. The van der Waals surface area contributed by atoms with Gasteiger partial charge >= 0.3 is 0 Å². The third-order valence-corrected chi connectivity index (χ3v) is 10.9. The molecule has 5 nitrogen and oxygen atoms in total. The van der Waals surface area contributed by atoms with Gasteiger partial charge < -0.3 is 4.42 Å². The molecule has 0 saturated heterocycles. The zero-order valence-corrected chi connectivity index (χ0v) is 37.2. The van der Waals surface area contributed by atoms with E-state index in [1.54, 1.807) is 106 Å². The number of fused-ring (bicyclic) bond motifs is 3. The van der Waals surface area contributed by atoms with E-state index in [0.29, 0.717) is 33.3 Å². The number of hydrogen-bond acceptors (Lipinski definition) is 5. The van der Waals surface area contributed by atoms with E-state index in [2.05, 4.69) is 21.0 Å². The molecule has 68 heavy (non-hydrogen) atoms. The quantitative estimate of drug-likeness (QED) is 0.109. The molecule has 10 rings (SSSR count). The molecule has 332 valence electrons. The van der Waals surface area contributed by atoms with Crippen LogP contribution in [0.3, 0.4) is 0 Å². The van der Waals surface area contributed by atoms with Gasteiger partial charge in [0, 0.05) is 70.8 Å². The van der Waals surface area contributed by atoms with Crippen molar-refractivity contribution in [2.24, 2.45) is 5.41 Å². The number of para-hydroxylation sites is 1. The van der Waals surface area contributed by atoms with Gasteiger partial charge in [-0.2, -0.15) is 5.26 Å². The summed E-state index contributed by atoms with van der Waals surface area (Å²) in [6.45, 7) is 4.65. The molecule has 6 aromatic carbocycles. The van der Waals surface area contributed by atoms with Gasteiger partial charge in [0.05, 0.1) is 23.9 Å². The number of aromatic nitrogens is 3. The van der Waals surface area contributed by atoms with Crippen LogP contribution in [0.5, 0.6) is 0 Å². The lowest BCUT2D eigenvalue weighted by atomic mass is 9.85. The average Bonchev–Trinajstić information content (AvgIpc) is 1.66. The Balaban J connectivity index is 1.13. The summed E-state index contributed by atoms with van der Waals surface area (Å²) >= 11 is 0. The maximum Gasteiger partial charge on any atom is 0.153 e. The number of furan rings is 1. The summed E-state index contributed by atoms with van der Waals surface area (Å²) < 4.78 is 183. The molecule has 0 saturated carbocycles. The van der Waals surface area contributed by atoms with Crippen LogP contribution >= 0.6 is 0 Å². The molecule has 0 amide bonds. The van der Waals surface area contributed by atoms with E-state index in [4.69, 9.17) is 11.3 Å². The first kappa shape index (κ1) is 27.0. The Labute approximate surface area is 426 Å². The first-order chi connectivity index (χ1) is 40.6. The first-order valence-electron chi connectivity index (χ1n) is 31.3. The minimum atomic E-state index is -3.43. The van der Waals surface area contributed by atoms with Crippen molar-refractivity contribution in [3.8, 4) is 51.0 Å². The number of hydrogen-bond donors (Lipinski definition) is 0. The fraction of sp³-hybridized carbons (Fsp3) is 0.175. The molecule has 0 N–H and O–H groups in total. The lowest BCUT2D eigenvalue weighted by Crippen LogP contribution is -2.12. The lowest BCUT2D eigenvalue weighted by Gasteiger charge is -2.21. The molecule has 0 aliphatic carbocycles. The second-order valence-corrected chi connectivity index (χ2v) is 16.9. The van der Waals surface area contributed by atoms with Crippen molar-refractivity contribution in [1.29, 1.82) is 5.26 Å². The van der Waals surface area contributed by atoms with Crippen LogP contribution < -0.4 is 0 Å². The Kier molecular flexibility index (Phi) is 7.74. The largest absolute Gasteiger partial charge is 0.454 e. The fourth-order valence-electron chi connectivity index (χ4n) is 7.74. The van der Waals surface area contributed by atoms with Crippen LogP contribution in [0.2, 0.25) is 0 Å². The summed E-state index contributed by atoms with van der Waals surface area (Å²) in [6, 6.07) is 34.5. The van der Waals surface area contributed by atoms with Gasteiger partial charge in [0.25, 0.3) is 0 Å². The highest BCUT2D eigenvalue weighted by atomic mass is 16.3. The summed E-state index contributed by atoms with van der Waals surface area (Å²) in [4.78, 5) is 13.4. The molecule has 0 spiro atoms. The number of nitrogens with zero attached hydrogens (tertiary/aromatic N) is 4. The Bertz CT molecular complexity index is 4210. The molecule has 0 bridgehead atoms. The molecule has 0 aliphatic rings. The monoisotopic (exact) mass is 902 g/mol. The molecule has 10 aromatic rings. The highest BCUT2D eigenvalue weighted by molar-refractivity contribution is 6.11. The van der Waals surface area contributed by atoms with E-state index in [9.17, 15) is 24.5 Å². The van der Waals surface area contributed by atoms with Crippen LogP contribution in [0.4, 0.5) is 0 Å². The van der Waals surface area contributed by atoms with Gasteiger partial charge in [-0.25, -0.2) is 0 Å². The Morgan fingerprint density at radius 1 is 0.500 bits per heavy atom. The summed E-state index contributed by atoms with van der Waals surface area (Å²) in [6.07, 6.45) is -18.6. The molecule has 0 unspecified atom stereocenters. The van der Waals surface area contributed by atoms with Crippen molar-refractivity contribution >= 4 is 21.9 Å². The Morgan fingerprint density at radius 2 is 1.06 bits per heavy atom. The predicted octanol–water partition coefficient (Wildman–Crippen LogP) is 15.3. The molecule has 0 atom stereocenters. The average molecular weight is 902 g/mol. The van der Waals surface area contributed by atoms with Crippen LogP contribution in [-0.2, 0) is 44.6 Å². The van der Waals surface area contributed by atoms with Gasteiger partial charge in [0.15, 0.2) is 5.58 Å². The number of aryl methyl sites for hydroxylation is 6. The SMILES string of the molecule is [2H]c1c([2H])c([2H])c(-c2ccc3c(oc4c(-c5cc(C([2H])([2H])C(C)(C)C)c(C([2H])([2H])C([2H])([2H])c6cc(C([2H])([2H])C([2H])([2H])c7ccc(-c8ccccc8)nc7)cc(C([2H])([2H])C([2H])([2H])c7ccc(-c8ccccc8)nc7)c6)cn5)cccc43)c2C#N)c([2H])c1[2H]. The van der Waals surface area contributed by atoms with Crippen LogP contribution in [-0.4, -0.2) is 15.0 Å². The van der Waals surface area contributed by atoms with Crippen molar-refractivity contribution in [2.75, 3.05) is 0 Å². The lowest BCUT2D eigenvalue weighted by molar-refractivity contribution is 0.409. The smallest absolute Gasteiger partial charge is 0.153 e. The van der Waals surface area contributed by atoms with Crippen molar-refractivity contribution in [1.82, 2.24) is 15.0 Å². The van der Waals surface area contributed by atoms with E-state index in [-0.39, 0.29) is 50.2 Å². The second kappa shape index (κ2) is 19.5. The summed E-state index contributed by atoms with van der Waals surface area (Å²) in [5.74, 6) is 0. The van der Waals surface area contributed by atoms with Crippen LogP contribution in [0, 0.1) is 16.7 Å². The van der Waals surface area contributed by atoms with E-state index < -0.39 is 108 Å². The minimum Gasteiger partial charge on any atom is -0.454 e. The third kappa shape index (κ3) is 9.92. The molecular weight excluding hydrogens is 829 g/mol. The summed E-state index contributed by atoms with van der Waals surface area (Å²) in [5.41, 5.74) is -2.83.